The first-order valence-corrected chi connectivity index (χ1v) is 9.56. The van der Waals surface area contributed by atoms with Gasteiger partial charge in [0.1, 0.15) is 5.76 Å². The number of nitrogens with zero attached hydrogens (tertiary/aromatic N) is 1. The van der Waals surface area contributed by atoms with E-state index in [0.29, 0.717) is 5.56 Å². The van der Waals surface area contributed by atoms with Gasteiger partial charge in [0.25, 0.3) is 5.91 Å². The maximum absolute atomic E-state index is 12.9. The van der Waals surface area contributed by atoms with E-state index >= 15 is 0 Å². The zero-order chi connectivity index (χ0) is 18.6. The number of hydrogen-bond acceptors (Lipinski definition) is 2. The van der Waals surface area contributed by atoms with Gasteiger partial charge in [-0.15, -0.1) is 0 Å². The Hall–Kier alpha value is -3.07. The molecule has 0 aliphatic carbocycles. The summed E-state index contributed by atoms with van der Waals surface area (Å²) in [5, 5.41) is 1.07. The van der Waals surface area contributed by atoms with Crippen molar-refractivity contribution in [1.82, 2.24) is 4.57 Å². The van der Waals surface area contributed by atoms with E-state index in [1.807, 2.05) is 60.8 Å². The van der Waals surface area contributed by atoms with Gasteiger partial charge in [-0.05, 0) is 42.3 Å². The van der Waals surface area contributed by atoms with Crippen LogP contribution in [0.3, 0.4) is 0 Å². The quantitative estimate of drug-likeness (QED) is 0.378. The Morgan fingerprint density at radius 3 is 2.59 bits per heavy atom. The number of benzene rings is 2. The molecule has 4 rings (SSSR count). The van der Waals surface area contributed by atoms with Crippen LogP contribution in [0.25, 0.3) is 22.0 Å². The Morgan fingerprint density at radius 1 is 0.926 bits per heavy atom. The number of aryl methyl sites for hydroxylation is 1. The van der Waals surface area contributed by atoms with E-state index in [-0.39, 0.29) is 5.91 Å². The first-order valence-electron chi connectivity index (χ1n) is 9.56. The summed E-state index contributed by atoms with van der Waals surface area (Å²) >= 11 is 0. The molecule has 27 heavy (non-hydrogen) atoms. The van der Waals surface area contributed by atoms with E-state index in [9.17, 15) is 4.79 Å². The van der Waals surface area contributed by atoms with E-state index in [4.69, 9.17) is 4.42 Å². The molecule has 2 aromatic heterocycles. The number of hydrogen-bond donors (Lipinski definition) is 0. The van der Waals surface area contributed by atoms with Gasteiger partial charge in [-0.2, -0.15) is 0 Å². The number of carbonyl (C=O) groups excluding carboxylic acids is 1. The highest BCUT2D eigenvalue weighted by Crippen LogP contribution is 2.33. The van der Waals surface area contributed by atoms with Gasteiger partial charge in [-0.1, -0.05) is 50.1 Å². The lowest BCUT2D eigenvalue weighted by Gasteiger charge is -2.07. The van der Waals surface area contributed by atoms with Crippen LogP contribution in [0.2, 0.25) is 0 Å². The molecule has 0 fully saturated rings. The minimum atomic E-state index is -0.0156. The SMILES string of the molecule is CCCCCc1occc1-c1cccc2c1ccn2C(=O)c1ccccc1. The Bertz CT molecular complexity index is 1060. The van der Waals surface area contributed by atoms with Crippen molar-refractivity contribution in [3.63, 3.8) is 0 Å². The van der Waals surface area contributed by atoms with E-state index in [1.165, 1.54) is 12.8 Å². The molecule has 0 saturated heterocycles. The topological polar surface area (TPSA) is 35.1 Å². The van der Waals surface area contributed by atoms with Crippen LogP contribution in [0.15, 0.2) is 77.5 Å². The number of unbranched alkanes of at least 4 members (excludes halogenated alkanes) is 2. The van der Waals surface area contributed by atoms with Crippen LogP contribution in [0.1, 0.15) is 42.3 Å². The highest BCUT2D eigenvalue weighted by Gasteiger charge is 2.16. The molecule has 0 amide bonds. The Balaban J connectivity index is 1.74. The molecule has 0 bridgehead atoms. The summed E-state index contributed by atoms with van der Waals surface area (Å²) in [5.74, 6) is 1.01. The molecule has 0 aliphatic heterocycles. The molecule has 0 radical (unpaired) electrons. The van der Waals surface area contributed by atoms with Crippen LogP contribution >= 0.6 is 0 Å². The number of fused-ring (bicyclic) bond motifs is 1. The van der Waals surface area contributed by atoms with Gasteiger partial charge >= 0.3 is 0 Å². The van der Waals surface area contributed by atoms with Gasteiger partial charge < -0.3 is 4.42 Å². The van der Waals surface area contributed by atoms with Crippen LogP contribution in [-0.4, -0.2) is 10.5 Å². The molecule has 4 aromatic rings. The van der Waals surface area contributed by atoms with Crippen molar-refractivity contribution in [1.29, 1.82) is 0 Å². The maximum atomic E-state index is 12.9. The molecule has 0 saturated carbocycles. The molecule has 0 N–H and O–H groups in total. The molecule has 0 spiro atoms. The molecule has 0 unspecified atom stereocenters. The summed E-state index contributed by atoms with van der Waals surface area (Å²) in [6, 6.07) is 19.6. The molecule has 0 aliphatic rings. The third-order valence-electron chi connectivity index (χ3n) is 5.02. The minimum Gasteiger partial charge on any atom is -0.469 e. The standard InChI is InChI=1S/C24H23NO2/c1-2-3-5-13-23-21(15-17-27-23)19-11-8-12-22-20(19)14-16-25(22)24(26)18-9-6-4-7-10-18/h4,6-12,14-17H,2-3,5,13H2,1H3. The second kappa shape index (κ2) is 7.67. The van der Waals surface area contributed by atoms with E-state index in [0.717, 1.165) is 40.6 Å². The average molecular weight is 357 g/mol. The summed E-state index contributed by atoms with van der Waals surface area (Å²) in [5.41, 5.74) is 3.85. The number of furan rings is 1. The lowest BCUT2D eigenvalue weighted by atomic mass is 10.00. The predicted molar refractivity (Wildman–Crippen MR) is 109 cm³/mol. The van der Waals surface area contributed by atoms with Crippen molar-refractivity contribution in [3.8, 4) is 11.1 Å². The van der Waals surface area contributed by atoms with Crippen molar-refractivity contribution in [2.75, 3.05) is 0 Å². The lowest BCUT2D eigenvalue weighted by molar-refractivity contribution is 0.0965. The smallest absolute Gasteiger partial charge is 0.262 e. The fourth-order valence-corrected chi connectivity index (χ4v) is 3.61. The molecular weight excluding hydrogens is 334 g/mol. The second-order valence-corrected chi connectivity index (χ2v) is 6.81. The van der Waals surface area contributed by atoms with Crippen molar-refractivity contribution < 1.29 is 9.21 Å². The first kappa shape index (κ1) is 17.3. The largest absolute Gasteiger partial charge is 0.469 e. The van der Waals surface area contributed by atoms with Crippen molar-refractivity contribution in [2.45, 2.75) is 32.6 Å². The van der Waals surface area contributed by atoms with Crippen LogP contribution in [0.5, 0.6) is 0 Å². The summed E-state index contributed by atoms with van der Waals surface area (Å²) in [6.45, 7) is 2.20. The zero-order valence-corrected chi connectivity index (χ0v) is 15.5. The summed E-state index contributed by atoms with van der Waals surface area (Å²) in [6.07, 6.45) is 8.08. The van der Waals surface area contributed by atoms with Crippen LogP contribution < -0.4 is 0 Å². The van der Waals surface area contributed by atoms with Gasteiger partial charge in [-0.25, -0.2) is 0 Å². The number of rotatable bonds is 6. The van der Waals surface area contributed by atoms with Crippen molar-refractivity contribution in [2.24, 2.45) is 0 Å². The fourth-order valence-electron chi connectivity index (χ4n) is 3.61. The maximum Gasteiger partial charge on any atom is 0.262 e. The molecular formula is C24H23NO2. The van der Waals surface area contributed by atoms with Crippen LogP contribution in [0.4, 0.5) is 0 Å². The Morgan fingerprint density at radius 2 is 1.78 bits per heavy atom. The molecule has 0 atom stereocenters. The summed E-state index contributed by atoms with van der Waals surface area (Å²) in [7, 11) is 0. The lowest BCUT2D eigenvalue weighted by Crippen LogP contribution is -2.10. The zero-order valence-electron chi connectivity index (χ0n) is 15.5. The van der Waals surface area contributed by atoms with Gasteiger partial charge in [0, 0.05) is 29.1 Å². The van der Waals surface area contributed by atoms with Gasteiger partial charge in [0.05, 0.1) is 11.8 Å². The first-order chi connectivity index (χ1) is 13.3. The van der Waals surface area contributed by atoms with Crippen molar-refractivity contribution >= 4 is 16.8 Å². The summed E-state index contributed by atoms with van der Waals surface area (Å²) < 4.78 is 7.49. The van der Waals surface area contributed by atoms with Crippen LogP contribution in [-0.2, 0) is 6.42 Å². The highest BCUT2D eigenvalue weighted by atomic mass is 16.3. The third kappa shape index (κ3) is 3.33. The molecule has 136 valence electrons. The molecule has 2 heterocycles. The van der Waals surface area contributed by atoms with Crippen LogP contribution in [0, 0.1) is 0 Å². The van der Waals surface area contributed by atoms with E-state index in [2.05, 4.69) is 13.0 Å². The highest BCUT2D eigenvalue weighted by molar-refractivity contribution is 6.05. The molecule has 2 aromatic carbocycles. The Labute approximate surface area is 159 Å². The van der Waals surface area contributed by atoms with E-state index < -0.39 is 0 Å². The Kier molecular flexibility index (Phi) is 4.93. The second-order valence-electron chi connectivity index (χ2n) is 6.81. The number of aromatic nitrogens is 1. The number of carbonyl (C=O) groups is 1. The molecule has 3 nitrogen and oxygen atoms in total. The average Bonchev–Trinajstić information content (AvgIpc) is 3.35. The monoisotopic (exact) mass is 357 g/mol. The fraction of sp³-hybridized carbons (Fsp3) is 0.208. The third-order valence-corrected chi connectivity index (χ3v) is 5.02. The summed E-state index contributed by atoms with van der Waals surface area (Å²) in [4.78, 5) is 12.9. The predicted octanol–water partition coefficient (Wildman–Crippen LogP) is 6.32. The van der Waals surface area contributed by atoms with Gasteiger partial charge in [0.15, 0.2) is 0 Å². The van der Waals surface area contributed by atoms with Crippen molar-refractivity contribution in [3.05, 3.63) is 84.4 Å². The molecule has 3 heteroatoms. The van der Waals surface area contributed by atoms with Gasteiger partial charge in [0.2, 0.25) is 0 Å². The minimum absolute atomic E-state index is 0.0156. The normalized spacial score (nSPS) is 11.1. The van der Waals surface area contributed by atoms with Gasteiger partial charge in [-0.3, -0.25) is 9.36 Å². The van der Waals surface area contributed by atoms with E-state index in [1.54, 1.807) is 10.8 Å².